The predicted octanol–water partition coefficient (Wildman–Crippen LogP) is 14.5. The maximum absolute atomic E-state index is 5.30. The minimum Gasteiger partial charge on any atom is -0.254 e. The van der Waals surface area contributed by atoms with Crippen molar-refractivity contribution >= 4 is 65.2 Å². The van der Waals surface area contributed by atoms with Crippen LogP contribution >= 0.6 is 0 Å². The number of pyridine rings is 4. The molecule has 0 unspecified atom stereocenters. The molecule has 0 atom stereocenters. The summed E-state index contributed by atoms with van der Waals surface area (Å²) in [6.07, 6.45) is 3.72. The molecule has 8 aromatic carbocycles. The maximum atomic E-state index is 5.30. The van der Waals surface area contributed by atoms with Gasteiger partial charge in [-0.15, -0.1) is 0 Å². The number of nitrogens with zero attached hydrogens (tertiary/aromatic N) is 4. The minimum atomic E-state index is 0.903. The van der Waals surface area contributed by atoms with Gasteiger partial charge in [-0.3, -0.25) is 9.97 Å². The standard InChI is InChI=1S/C56H34N4/c1-3-13-36(14-4-1)49-33-47(45-29-27-39-17-11-31-57-53(39)55(45)59-49)35-23-25-38(26-24-35)51-41-19-7-9-21-43(41)52(44-22-10-8-20-42(44)51)48-34-50(37-15-5-2-6-16-37)60-56-46(48)30-28-40-18-12-32-58-54(40)56/h1-34H. The predicted molar refractivity (Wildman–Crippen MR) is 250 cm³/mol. The zero-order valence-corrected chi connectivity index (χ0v) is 32.4. The van der Waals surface area contributed by atoms with Gasteiger partial charge in [0.15, 0.2) is 0 Å². The van der Waals surface area contributed by atoms with Crippen LogP contribution in [0.2, 0.25) is 0 Å². The van der Waals surface area contributed by atoms with Crippen LogP contribution in [-0.2, 0) is 0 Å². The topological polar surface area (TPSA) is 51.6 Å². The normalized spacial score (nSPS) is 11.7. The van der Waals surface area contributed by atoms with Crippen molar-refractivity contribution in [2.45, 2.75) is 0 Å². The van der Waals surface area contributed by atoms with Gasteiger partial charge in [0.25, 0.3) is 0 Å². The lowest BCUT2D eigenvalue weighted by molar-refractivity contribution is 1.37. The highest BCUT2D eigenvalue weighted by Crippen LogP contribution is 2.47. The molecule has 0 saturated carbocycles. The van der Waals surface area contributed by atoms with E-state index in [1.165, 1.54) is 32.7 Å². The van der Waals surface area contributed by atoms with Gasteiger partial charge in [-0.25, -0.2) is 9.97 Å². The molecular formula is C56H34N4. The van der Waals surface area contributed by atoms with E-state index >= 15 is 0 Å². The second-order valence-corrected chi connectivity index (χ2v) is 15.3. The lowest BCUT2D eigenvalue weighted by Gasteiger charge is -2.20. The van der Waals surface area contributed by atoms with Crippen molar-refractivity contribution in [2.75, 3.05) is 0 Å². The van der Waals surface area contributed by atoms with Crippen LogP contribution in [-0.4, -0.2) is 19.9 Å². The molecule has 0 fully saturated rings. The summed E-state index contributed by atoms with van der Waals surface area (Å²) in [5.74, 6) is 0. The first-order valence-corrected chi connectivity index (χ1v) is 20.3. The number of hydrogen-bond acceptors (Lipinski definition) is 4. The van der Waals surface area contributed by atoms with Crippen LogP contribution in [0.4, 0.5) is 0 Å². The van der Waals surface area contributed by atoms with Crippen molar-refractivity contribution in [3.05, 3.63) is 207 Å². The number of rotatable bonds is 5. The molecule has 0 bridgehead atoms. The molecule has 278 valence electrons. The Morgan fingerprint density at radius 3 is 1.22 bits per heavy atom. The van der Waals surface area contributed by atoms with E-state index in [1.807, 2.05) is 30.6 Å². The zero-order valence-electron chi connectivity index (χ0n) is 32.4. The third-order valence-electron chi connectivity index (χ3n) is 11.9. The van der Waals surface area contributed by atoms with Crippen molar-refractivity contribution in [3.63, 3.8) is 0 Å². The molecule has 60 heavy (non-hydrogen) atoms. The lowest BCUT2D eigenvalue weighted by Crippen LogP contribution is -1.95. The van der Waals surface area contributed by atoms with Gasteiger partial charge in [0.05, 0.1) is 33.5 Å². The third-order valence-corrected chi connectivity index (χ3v) is 11.9. The van der Waals surface area contributed by atoms with Crippen molar-refractivity contribution < 1.29 is 0 Å². The van der Waals surface area contributed by atoms with Crippen LogP contribution in [0, 0.1) is 0 Å². The first-order chi connectivity index (χ1) is 29.8. The summed E-state index contributed by atoms with van der Waals surface area (Å²) in [6.45, 7) is 0. The first-order valence-electron chi connectivity index (χ1n) is 20.3. The van der Waals surface area contributed by atoms with Crippen LogP contribution in [0.3, 0.4) is 0 Å². The van der Waals surface area contributed by atoms with E-state index in [-0.39, 0.29) is 0 Å². The Balaban J connectivity index is 1.09. The molecule has 4 aromatic heterocycles. The number of hydrogen-bond donors (Lipinski definition) is 0. The van der Waals surface area contributed by atoms with E-state index < -0.39 is 0 Å². The Bertz CT molecular complexity index is 3580. The molecule has 12 rings (SSSR count). The molecule has 4 heterocycles. The summed E-state index contributed by atoms with van der Waals surface area (Å²) in [7, 11) is 0. The summed E-state index contributed by atoms with van der Waals surface area (Å²) in [4.78, 5) is 20.2. The Morgan fingerprint density at radius 1 is 0.267 bits per heavy atom. The van der Waals surface area contributed by atoms with E-state index in [0.717, 1.165) is 88.4 Å². The van der Waals surface area contributed by atoms with Crippen molar-refractivity contribution in [3.8, 4) is 55.9 Å². The fraction of sp³-hybridized carbons (Fsp3) is 0. The fourth-order valence-electron chi connectivity index (χ4n) is 9.16. The van der Waals surface area contributed by atoms with Crippen LogP contribution < -0.4 is 0 Å². The minimum absolute atomic E-state index is 0.903. The van der Waals surface area contributed by atoms with Gasteiger partial charge in [0.2, 0.25) is 0 Å². The molecule has 0 amide bonds. The third kappa shape index (κ3) is 5.46. The molecule has 0 radical (unpaired) electrons. The molecule has 0 aliphatic heterocycles. The van der Waals surface area contributed by atoms with Crippen LogP contribution in [0.15, 0.2) is 207 Å². The Hall–Kier alpha value is -8.08. The summed E-state index contributed by atoms with van der Waals surface area (Å²) in [6, 6.07) is 69.1. The highest BCUT2D eigenvalue weighted by Gasteiger charge is 2.21. The molecular weight excluding hydrogens is 729 g/mol. The second-order valence-electron chi connectivity index (χ2n) is 15.3. The van der Waals surface area contributed by atoms with Crippen LogP contribution in [0.1, 0.15) is 0 Å². The Labute approximate surface area is 346 Å². The average Bonchev–Trinajstić information content (AvgIpc) is 3.33. The summed E-state index contributed by atoms with van der Waals surface area (Å²) < 4.78 is 0. The zero-order chi connectivity index (χ0) is 39.6. The molecule has 12 aromatic rings. The van der Waals surface area contributed by atoms with Crippen molar-refractivity contribution in [2.24, 2.45) is 0 Å². The molecule has 0 N–H and O–H groups in total. The fourth-order valence-corrected chi connectivity index (χ4v) is 9.16. The van der Waals surface area contributed by atoms with E-state index in [0.29, 0.717) is 0 Å². The molecule has 0 aliphatic carbocycles. The average molecular weight is 763 g/mol. The largest absolute Gasteiger partial charge is 0.254 e. The van der Waals surface area contributed by atoms with E-state index in [1.54, 1.807) is 0 Å². The monoisotopic (exact) mass is 762 g/mol. The number of aromatic nitrogens is 4. The van der Waals surface area contributed by atoms with E-state index in [9.17, 15) is 0 Å². The Morgan fingerprint density at radius 2 is 0.700 bits per heavy atom. The highest BCUT2D eigenvalue weighted by molar-refractivity contribution is 6.24. The Kier molecular flexibility index (Phi) is 7.82. The van der Waals surface area contributed by atoms with Gasteiger partial charge >= 0.3 is 0 Å². The van der Waals surface area contributed by atoms with E-state index in [4.69, 9.17) is 19.9 Å². The van der Waals surface area contributed by atoms with Crippen LogP contribution in [0.5, 0.6) is 0 Å². The molecule has 4 nitrogen and oxygen atoms in total. The summed E-state index contributed by atoms with van der Waals surface area (Å²) in [5, 5.41) is 9.08. The quantitative estimate of drug-likeness (QED) is 0.129. The van der Waals surface area contributed by atoms with Gasteiger partial charge in [-0.05, 0) is 79.2 Å². The van der Waals surface area contributed by atoms with Gasteiger partial charge in [-0.1, -0.05) is 170 Å². The highest BCUT2D eigenvalue weighted by atomic mass is 14.8. The summed E-state index contributed by atoms with van der Waals surface area (Å²) in [5.41, 5.74) is 14.6. The van der Waals surface area contributed by atoms with Gasteiger partial charge in [-0.2, -0.15) is 0 Å². The molecule has 0 spiro atoms. The SMILES string of the molecule is c1ccc(-c2cc(-c3ccc(-c4c5ccccc5c(-c5cc(-c6ccccc6)nc6c5ccc5cccnc56)c5ccccc45)cc3)c3ccc4cccnc4c3n2)cc1. The lowest BCUT2D eigenvalue weighted by atomic mass is 9.84. The number of fused-ring (bicyclic) bond motifs is 8. The van der Waals surface area contributed by atoms with Crippen molar-refractivity contribution in [1.82, 2.24) is 19.9 Å². The summed E-state index contributed by atoms with van der Waals surface area (Å²) >= 11 is 0. The first kappa shape index (κ1) is 34.0. The van der Waals surface area contributed by atoms with Gasteiger partial charge in [0.1, 0.15) is 0 Å². The second kappa shape index (κ2) is 13.8. The van der Waals surface area contributed by atoms with Crippen LogP contribution in [0.25, 0.3) is 121 Å². The van der Waals surface area contributed by atoms with E-state index in [2.05, 4.69) is 176 Å². The molecule has 4 heteroatoms. The molecule has 0 saturated heterocycles. The van der Waals surface area contributed by atoms with Gasteiger partial charge in [0, 0.05) is 45.1 Å². The van der Waals surface area contributed by atoms with Crippen molar-refractivity contribution in [1.29, 1.82) is 0 Å². The molecule has 0 aliphatic rings. The number of benzene rings is 8. The smallest absolute Gasteiger partial charge is 0.0978 e. The van der Waals surface area contributed by atoms with Gasteiger partial charge < -0.3 is 0 Å². The maximum Gasteiger partial charge on any atom is 0.0978 e.